The van der Waals surface area contributed by atoms with Gasteiger partial charge in [-0.05, 0) is 24.0 Å². The van der Waals surface area contributed by atoms with Crippen LogP contribution in [-0.4, -0.2) is 43.0 Å². The number of nitrogens with one attached hydrogen (secondary N) is 1. The molecule has 2 N–H and O–H groups in total. The zero-order valence-corrected chi connectivity index (χ0v) is 12.4. The van der Waals surface area contributed by atoms with Gasteiger partial charge in [-0.15, -0.1) is 0 Å². The second kappa shape index (κ2) is 8.60. The van der Waals surface area contributed by atoms with Crippen LogP contribution in [0, 0.1) is 0 Å². The van der Waals surface area contributed by atoms with Gasteiger partial charge in [0.15, 0.2) is 0 Å². The molecule has 0 aromatic heterocycles. The van der Waals surface area contributed by atoms with Crippen molar-refractivity contribution < 1.29 is 19.4 Å². The normalized spacial score (nSPS) is 11.9. The van der Waals surface area contributed by atoms with E-state index < -0.39 is 12.0 Å². The summed E-state index contributed by atoms with van der Waals surface area (Å²) < 4.78 is 4.84. The Kier molecular flexibility index (Phi) is 7.11. The Hall–Kier alpha value is -1.53. The number of aliphatic carboxylic acids is 1. The molecule has 1 rings (SSSR count). The third-order valence-corrected chi connectivity index (χ3v) is 3.34. The minimum atomic E-state index is -1.06. The highest BCUT2D eigenvalue weighted by atomic mass is 32.2. The number of carbonyl (C=O) groups excluding carboxylic acids is 1. The first-order valence-electron chi connectivity index (χ1n) is 6.19. The van der Waals surface area contributed by atoms with E-state index >= 15 is 0 Å². The topological polar surface area (TPSA) is 75.6 Å². The summed E-state index contributed by atoms with van der Waals surface area (Å²) in [6, 6.07) is 6.25. The van der Waals surface area contributed by atoms with E-state index in [1.54, 1.807) is 30.0 Å². The lowest BCUT2D eigenvalue weighted by atomic mass is 10.1. The third kappa shape index (κ3) is 5.22. The van der Waals surface area contributed by atoms with E-state index in [0.717, 1.165) is 11.3 Å². The summed E-state index contributed by atoms with van der Waals surface area (Å²) in [5.41, 5.74) is 1.51. The summed E-state index contributed by atoms with van der Waals surface area (Å²) >= 11 is 1.66. The van der Waals surface area contributed by atoms with Crippen molar-refractivity contribution in [3.05, 3.63) is 35.4 Å². The van der Waals surface area contributed by atoms with Gasteiger partial charge in [0, 0.05) is 31.5 Å². The predicted molar refractivity (Wildman–Crippen MR) is 79.0 cm³/mol. The maximum atomic E-state index is 12.1. The molecule has 0 heterocycles. The average molecular weight is 297 g/mol. The van der Waals surface area contributed by atoms with Crippen molar-refractivity contribution in [2.75, 3.05) is 20.0 Å². The smallest absolute Gasteiger partial charge is 0.326 e. The number of hydrogen-bond acceptors (Lipinski definition) is 4. The number of carbonyl (C=O) groups is 2. The van der Waals surface area contributed by atoms with Crippen molar-refractivity contribution in [1.82, 2.24) is 5.32 Å². The lowest BCUT2D eigenvalue weighted by Gasteiger charge is -2.14. The maximum Gasteiger partial charge on any atom is 0.326 e. The van der Waals surface area contributed by atoms with Crippen LogP contribution in [0.4, 0.5) is 0 Å². The van der Waals surface area contributed by atoms with Crippen LogP contribution in [0.3, 0.4) is 0 Å². The Bertz CT molecular complexity index is 464. The molecule has 0 aliphatic heterocycles. The number of thioether (sulfide) groups is 1. The lowest BCUT2D eigenvalue weighted by molar-refractivity contribution is -0.139. The molecule has 1 aromatic carbocycles. The Morgan fingerprint density at radius 3 is 2.80 bits per heavy atom. The van der Waals surface area contributed by atoms with Crippen molar-refractivity contribution in [2.45, 2.75) is 18.2 Å². The van der Waals surface area contributed by atoms with Crippen molar-refractivity contribution in [3.8, 4) is 0 Å². The minimum Gasteiger partial charge on any atom is -0.480 e. The molecule has 1 aromatic rings. The molecule has 0 spiro atoms. The zero-order chi connectivity index (χ0) is 15.0. The van der Waals surface area contributed by atoms with Crippen molar-refractivity contribution in [3.63, 3.8) is 0 Å². The number of hydrogen-bond donors (Lipinski definition) is 2. The standard InChI is InChI=1S/C14H19NO4S/c1-19-7-6-12(14(17)18)15-13(16)11-5-3-4-10(8-11)9-20-2/h3-5,8,12H,6-7,9H2,1-2H3,(H,15,16)(H,17,18). The van der Waals surface area contributed by atoms with Crippen molar-refractivity contribution >= 4 is 23.6 Å². The largest absolute Gasteiger partial charge is 0.480 e. The van der Waals surface area contributed by atoms with Crippen LogP contribution < -0.4 is 5.32 Å². The van der Waals surface area contributed by atoms with E-state index in [9.17, 15) is 9.59 Å². The van der Waals surface area contributed by atoms with Gasteiger partial charge in [-0.2, -0.15) is 11.8 Å². The van der Waals surface area contributed by atoms with Crippen molar-refractivity contribution in [2.24, 2.45) is 0 Å². The molecule has 0 aliphatic carbocycles. The van der Waals surface area contributed by atoms with E-state index in [2.05, 4.69) is 5.32 Å². The van der Waals surface area contributed by atoms with Gasteiger partial charge in [0.25, 0.3) is 5.91 Å². The van der Waals surface area contributed by atoms with E-state index in [1.807, 2.05) is 12.3 Å². The molecule has 0 radical (unpaired) electrons. The van der Waals surface area contributed by atoms with Crippen LogP contribution >= 0.6 is 11.8 Å². The molecular weight excluding hydrogens is 278 g/mol. The molecule has 1 unspecified atom stereocenters. The molecule has 110 valence electrons. The first-order chi connectivity index (χ1) is 9.58. The summed E-state index contributed by atoms with van der Waals surface area (Å²) in [5.74, 6) is -0.625. The number of rotatable bonds is 8. The first kappa shape index (κ1) is 16.5. The number of methoxy groups -OCH3 is 1. The lowest BCUT2D eigenvalue weighted by Crippen LogP contribution is -2.41. The van der Waals surface area contributed by atoms with Crippen LogP contribution in [0.25, 0.3) is 0 Å². The van der Waals surface area contributed by atoms with E-state index in [-0.39, 0.29) is 18.9 Å². The van der Waals surface area contributed by atoms with Gasteiger partial charge in [0.2, 0.25) is 0 Å². The molecule has 0 bridgehead atoms. The minimum absolute atomic E-state index is 0.238. The van der Waals surface area contributed by atoms with E-state index in [0.29, 0.717) is 5.56 Å². The van der Waals surface area contributed by atoms with Gasteiger partial charge in [0.05, 0.1) is 0 Å². The maximum absolute atomic E-state index is 12.1. The van der Waals surface area contributed by atoms with Gasteiger partial charge in [0.1, 0.15) is 6.04 Å². The molecule has 0 saturated heterocycles. The number of amides is 1. The molecule has 20 heavy (non-hydrogen) atoms. The zero-order valence-electron chi connectivity index (χ0n) is 11.6. The molecular formula is C14H19NO4S. The Morgan fingerprint density at radius 1 is 1.45 bits per heavy atom. The molecule has 0 fully saturated rings. The molecule has 5 nitrogen and oxygen atoms in total. The average Bonchev–Trinajstić information content (AvgIpc) is 2.43. The fraction of sp³-hybridized carbons (Fsp3) is 0.429. The summed E-state index contributed by atoms with van der Waals surface area (Å²) in [6.07, 6.45) is 2.22. The van der Waals surface area contributed by atoms with Crippen LogP contribution in [0.2, 0.25) is 0 Å². The Labute approximate surface area is 122 Å². The summed E-state index contributed by atoms with van der Waals surface area (Å²) in [7, 11) is 1.49. The van der Waals surface area contributed by atoms with Crippen LogP contribution in [-0.2, 0) is 15.3 Å². The number of carboxylic acid groups (broad SMARTS) is 1. The molecule has 0 aliphatic rings. The predicted octanol–water partition coefficient (Wildman–Crippen LogP) is 1.77. The molecule has 1 atom stereocenters. The monoisotopic (exact) mass is 297 g/mol. The summed E-state index contributed by atoms with van der Waals surface area (Å²) in [6.45, 7) is 0.282. The highest BCUT2D eigenvalue weighted by Crippen LogP contribution is 2.11. The molecule has 0 saturated carbocycles. The van der Waals surface area contributed by atoms with Gasteiger partial charge < -0.3 is 15.2 Å². The Morgan fingerprint density at radius 2 is 2.20 bits per heavy atom. The highest BCUT2D eigenvalue weighted by molar-refractivity contribution is 7.97. The summed E-state index contributed by atoms with van der Waals surface area (Å²) in [5, 5.41) is 11.6. The quantitative estimate of drug-likeness (QED) is 0.765. The van der Waals surface area contributed by atoms with Gasteiger partial charge in [-0.3, -0.25) is 4.79 Å². The molecule has 6 heteroatoms. The SMILES string of the molecule is COCCC(NC(=O)c1cccc(CSC)c1)C(=O)O. The summed E-state index contributed by atoms with van der Waals surface area (Å²) in [4.78, 5) is 23.1. The highest BCUT2D eigenvalue weighted by Gasteiger charge is 2.20. The van der Waals surface area contributed by atoms with Crippen LogP contribution in [0.1, 0.15) is 22.3 Å². The Balaban J connectivity index is 2.72. The number of benzene rings is 1. The fourth-order valence-corrected chi connectivity index (χ4v) is 2.22. The van der Waals surface area contributed by atoms with Gasteiger partial charge >= 0.3 is 5.97 Å². The van der Waals surface area contributed by atoms with Crippen LogP contribution in [0.5, 0.6) is 0 Å². The second-order valence-electron chi connectivity index (χ2n) is 4.28. The van der Waals surface area contributed by atoms with E-state index in [4.69, 9.17) is 9.84 Å². The van der Waals surface area contributed by atoms with Gasteiger partial charge in [-0.25, -0.2) is 4.79 Å². The second-order valence-corrected chi connectivity index (χ2v) is 5.15. The fourth-order valence-electron chi connectivity index (χ4n) is 1.70. The van der Waals surface area contributed by atoms with Gasteiger partial charge in [-0.1, -0.05) is 12.1 Å². The van der Waals surface area contributed by atoms with Crippen molar-refractivity contribution in [1.29, 1.82) is 0 Å². The third-order valence-electron chi connectivity index (χ3n) is 2.71. The van der Waals surface area contributed by atoms with E-state index in [1.165, 1.54) is 7.11 Å². The first-order valence-corrected chi connectivity index (χ1v) is 7.58. The number of ether oxygens (including phenoxy) is 1. The number of carboxylic acids is 1. The van der Waals surface area contributed by atoms with Crippen LogP contribution in [0.15, 0.2) is 24.3 Å². The molecule has 1 amide bonds.